The molecule has 0 unspecified atom stereocenters. The van der Waals surface area contributed by atoms with Gasteiger partial charge in [0.25, 0.3) is 11.5 Å². The number of aryl methyl sites for hydroxylation is 1. The second-order valence-corrected chi connectivity index (χ2v) is 7.99. The molecule has 0 bridgehead atoms. The lowest BCUT2D eigenvalue weighted by Crippen LogP contribution is -2.30. The summed E-state index contributed by atoms with van der Waals surface area (Å²) in [6.45, 7) is 5.30. The molecule has 0 saturated carbocycles. The number of rotatable bonds is 8. The Morgan fingerprint density at radius 3 is 2.86 bits per heavy atom. The van der Waals surface area contributed by atoms with Crippen molar-refractivity contribution in [3.63, 3.8) is 0 Å². The third kappa shape index (κ3) is 5.48. The number of aromatic nitrogens is 1. The number of carbonyl (C=O) groups is 1. The van der Waals surface area contributed by atoms with Crippen molar-refractivity contribution in [1.29, 1.82) is 0 Å². The second-order valence-electron chi connectivity index (χ2n) is 7.99. The maximum Gasteiger partial charge on any atom is 0.261 e. The first kappa shape index (κ1) is 21.1. The molecule has 1 aliphatic rings. The van der Waals surface area contributed by atoms with Crippen molar-refractivity contribution in [3.8, 4) is 0 Å². The first-order valence-corrected chi connectivity index (χ1v) is 10.5. The predicted molar refractivity (Wildman–Crippen MR) is 118 cm³/mol. The minimum absolute atomic E-state index is 0.155. The van der Waals surface area contributed by atoms with Crippen molar-refractivity contribution in [2.45, 2.75) is 45.7 Å². The van der Waals surface area contributed by atoms with Crippen molar-refractivity contribution in [1.82, 2.24) is 15.2 Å². The van der Waals surface area contributed by atoms with Crippen LogP contribution in [-0.2, 0) is 19.5 Å². The van der Waals surface area contributed by atoms with Gasteiger partial charge >= 0.3 is 0 Å². The zero-order valence-corrected chi connectivity index (χ0v) is 17.8. The van der Waals surface area contributed by atoms with Crippen LogP contribution >= 0.6 is 0 Å². The van der Waals surface area contributed by atoms with Gasteiger partial charge in [-0.2, -0.15) is 0 Å². The number of anilines is 1. The van der Waals surface area contributed by atoms with Gasteiger partial charge in [0, 0.05) is 38.1 Å². The molecule has 1 aromatic carbocycles. The molecule has 156 valence electrons. The van der Waals surface area contributed by atoms with Gasteiger partial charge < -0.3 is 20.1 Å². The van der Waals surface area contributed by atoms with Gasteiger partial charge in [-0.1, -0.05) is 25.5 Å². The van der Waals surface area contributed by atoms with Crippen LogP contribution in [-0.4, -0.2) is 43.0 Å². The minimum Gasteiger partial charge on any atom is -0.374 e. The Morgan fingerprint density at radius 1 is 1.28 bits per heavy atom. The van der Waals surface area contributed by atoms with Crippen LogP contribution in [0, 0.1) is 0 Å². The summed E-state index contributed by atoms with van der Waals surface area (Å²) in [6, 6.07) is 9.77. The SMILES string of the molecule is CCCCN(C)Cc1ccc(C(=O)NCc2ccc3c(c2)CCCN3C)c(=O)[nH]1. The normalized spacial score (nSPS) is 13.4. The van der Waals surface area contributed by atoms with Crippen LogP contribution in [0.2, 0.25) is 0 Å². The lowest BCUT2D eigenvalue weighted by atomic mass is 9.99. The predicted octanol–water partition coefficient (Wildman–Crippen LogP) is 2.92. The van der Waals surface area contributed by atoms with E-state index in [-0.39, 0.29) is 17.0 Å². The molecule has 3 rings (SSSR count). The Hall–Kier alpha value is -2.60. The molecule has 1 amide bonds. The molecule has 0 spiro atoms. The van der Waals surface area contributed by atoms with Gasteiger partial charge in [0.05, 0.1) is 0 Å². The van der Waals surface area contributed by atoms with Gasteiger partial charge in [-0.15, -0.1) is 0 Å². The van der Waals surface area contributed by atoms with E-state index in [0.29, 0.717) is 13.1 Å². The van der Waals surface area contributed by atoms with E-state index in [0.717, 1.165) is 50.0 Å². The summed E-state index contributed by atoms with van der Waals surface area (Å²) >= 11 is 0. The van der Waals surface area contributed by atoms with Crippen LogP contribution in [0.3, 0.4) is 0 Å². The van der Waals surface area contributed by atoms with Crippen molar-refractivity contribution < 1.29 is 4.79 Å². The number of hydrogen-bond acceptors (Lipinski definition) is 4. The number of hydrogen-bond donors (Lipinski definition) is 2. The van der Waals surface area contributed by atoms with E-state index in [4.69, 9.17) is 0 Å². The number of benzene rings is 1. The quantitative estimate of drug-likeness (QED) is 0.720. The maximum absolute atomic E-state index is 12.5. The topological polar surface area (TPSA) is 68.4 Å². The van der Waals surface area contributed by atoms with Crippen molar-refractivity contribution >= 4 is 11.6 Å². The zero-order valence-electron chi connectivity index (χ0n) is 17.8. The minimum atomic E-state index is -0.341. The summed E-state index contributed by atoms with van der Waals surface area (Å²) in [6.07, 6.45) is 4.48. The fraction of sp³-hybridized carbons (Fsp3) is 0.478. The Balaban J connectivity index is 1.60. The highest BCUT2D eigenvalue weighted by atomic mass is 16.2. The van der Waals surface area contributed by atoms with Crippen LogP contribution < -0.4 is 15.8 Å². The number of nitrogens with zero attached hydrogens (tertiary/aromatic N) is 2. The number of carbonyl (C=O) groups excluding carboxylic acids is 1. The molecule has 6 nitrogen and oxygen atoms in total. The van der Waals surface area contributed by atoms with Gasteiger partial charge in [-0.3, -0.25) is 9.59 Å². The van der Waals surface area contributed by atoms with Gasteiger partial charge in [-0.05, 0) is 62.2 Å². The first-order valence-electron chi connectivity index (χ1n) is 10.5. The smallest absolute Gasteiger partial charge is 0.261 e. The molecule has 29 heavy (non-hydrogen) atoms. The van der Waals surface area contributed by atoms with E-state index >= 15 is 0 Å². The molecular weight excluding hydrogens is 364 g/mol. The number of aromatic amines is 1. The van der Waals surface area contributed by atoms with Gasteiger partial charge in [0.15, 0.2) is 0 Å². The summed E-state index contributed by atoms with van der Waals surface area (Å²) in [5, 5.41) is 2.88. The van der Waals surface area contributed by atoms with Gasteiger partial charge in [-0.25, -0.2) is 0 Å². The Kier molecular flexibility index (Phi) is 7.09. The Morgan fingerprint density at radius 2 is 2.10 bits per heavy atom. The van der Waals surface area contributed by atoms with E-state index < -0.39 is 0 Å². The molecule has 6 heteroatoms. The van der Waals surface area contributed by atoms with Crippen LogP contribution in [0.1, 0.15) is 53.4 Å². The molecular formula is C23H32N4O2. The third-order valence-electron chi connectivity index (χ3n) is 5.50. The molecule has 0 atom stereocenters. The van der Waals surface area contributed by atoms with Crippen LogP contribution in [0.25, 0.3) is 0 Å². The zero-order chi connectivity index (χ0) is 20.8. The monoisotopic (exact) mass is 396 g/mol. The largest absolute Gasteiger partial charge is 0.374 e. The average Bonchev–Trinajstić information content (AvgIpc) is 2.70. The Bertz CT molecular complexity index is 906. The number of unbranched alkanes of at least 4 members (excludes halogenated alkanes) is 1. The number of H-pyrrole nitrogens is 1. The molecule has 1 aliphatic heterocycles. The van der Waals surface area contributed by atoms with Crippen molar-refractivity contribution in [2.24, 2.45) is 0 Å². The lowest BCUT2D eigenvalue weighted by molar-refractivity contribution is 0.0949. The van der Waals surface area contributed by atoms with Crippen molar-refractivity contribution in [2.75, 3.05) is 32.1 Å². The highest BCUT2D eigenvalue weighted by Crippen LogP contribution is 2.26. The van der Waals surface area contributed by atoms with Gasteiger partial charge in [0.1, 0.15) is 5.56 Å². The Labute approximate surface area is 172 Å². The van der Waals surface area contributed by atoms with Crippen LogP contribution in [0.15, 0.2) is 35.1 Å². The van der Waals surface area contributed by atoms with E-state index in [1.807, 2.05) is 19.2 Å². The highest BCUT2D eigenvalue weighted by molar-refractivity contribution is 5.93. The number of amides is 1. The number of fused-ring (bicyclic) bond motifs is 1. The fourth-order valence-electron chi connectivity index (χ4n) is 3.81. The standard InChI is InChI=1S/C23H32N4O2/c1-4-5-12-26(2)16-19-9-10-20(23(29)25-19)22(28)24-15-17-8-11-21-18(14-17)7-6-13-27(21)3/h8-11,14H,4-7,12-13,15-16H2,1-3H3,(H,24,28)(H,25,29). The lowest BCUT2D eigenvalue weighted by Gasteiger charge is -2.27. The number of nitrogens with one attached hydrogen (secondary N) is 2. The van der Waals surface area contributed by atoms with Crippen LogP contribution in [0.5, 0.6) is 0 Å². The van der Waals surface area contributed by atoms with E-state index in [1.54, 1.807) is 6.07 Å². The summed E-state index contributed by atoms with van der Waals surface area (Å²) in [4.78, 5) is 32.2. The van der Waals surface area contributed by atoms with E-state index in [2.05, 4.69) is 46.2 Å². The maximum atomic E-state index is 12.5. The summed E-state index contributed by atoms with van der Waals surface area (Å²) in [7, 11) is 4.14. The molecule has 1 aromatic heterocycles. The molecule has 2 aromatic rings. The fourth-order valence-corrected chi connectivity index (χ4v) is 3.81. The third-order valence-corrected chi connectivity index (χ3v) is 5.50. The van der Waals surface area contributed by atoms with E-state index in [1.165, 1.54) is 11.3 Å². The molecule has 0 radical (unpaired) electrons. The molecule has 0 fully saturated rings. The van der Waals surface area contributed by atoms with Crippen molar-refractivity contribution in [3.05, 3.63) is 63.1 Å². The van der Waals surface area contributed by atoms with Crippen LogP contribution in [0.4, 0.5) is 5.69 Å². The average molecular weight is 397 g/mol. The number of pyridine rings is 1. The second kappa shape index (κ2) is 9.74. The molecule has 2 N–H and O–H groups in total. The van der Waals surface area contributed by atoms with E-state index in [9.17, 15) is 9.59 Å². The molecule has 0 saturated heterocycles. The molecule has 2 heterocycles. The molecule has 0 aliphatic carbocycles. The summed E-state index contributed by atoms with van der Waals surface area (Å²) in [5.74, 6) is -0.341. The summed E-state index contributed by atoms with van der Waals surface area (Å²) in [5.41, 5.74) is 4.28. The highest BCUT2D eigenvalue weighted by Gasteiger charge is 2.15. The summed E-state index contributed by atoms with van der Waals surface area (Å²) < 4.78 is 0. The first-order chi connectivity index (χ1) is 14.0. The van der Waals surface area contributed by atoms with Gasteiger partial charge in [0.2, 0.25) is 0 Å².